The molecule has 33 heavy (non-hydrogen) atoms. The van der Waals surface area contributed by atoms with Gasteiger partial charge < -0.3 is 16.2 Å². The average Bonchev–Trinajstić information content (AvgIpc) is 2.79. The molecule has 4 N–H and O–H groups in total. The zero-order chi connectivity index (χ0) is 23.8. The van der Waals surface area contributed by atoms with Crippen LogP contribution in [0.1, 0.15) is 63.2 Å². The predicted octanol–water partition coefficient (Wildman–Crippen LogP) is 5.35. The minimum atomic E-state index is -1.36. The van der Waals surface area contributed by atoms with E-state index in [4.69, 9.17) is 10.8 Å². The van der Waals surface area contributed by atoms with Crippen LogP contribution in [0.15, 0.2) is 66.7 Å². The SMILES string of the molecule is CC1(C)CC=C(c2ccc(CN)cc2)c2cc(C(=O)Nc3ccc(C(=O)O)c(F)c3)ccc21. The van der Waals surface area contributed by atoms with Crippen molar-refractivity contribution in [2.24, 2.45) is 5.73 Å². The molecule has 6 heteroatoms. The number of amides is 1. The fraction of sp³-hybridized carbons (Fsp3) is 0.185. The Morgan fingerprint density at radius 3 is 2.42 bits per heavy atom. The highest BCUT2D eigenvalue weighted by atomic mass is 19.1. The van der Waals surface area contributed by atoms with Gasteiger partial charge >= 0.3 is 5.97 Å². The van der Waals surface area contributed by atoms with Crippen LogP contribution in [0.25, 0.3) is 5.57 Å². The summed E-state index contributed by atoms with van der Waals surface area (Å²) in [7, 11) is 0. The smallest absolute Gasteiger partial charge is 0.338 e. The van der Waals surface area contributed by atoms with Crippen LogP contribution in [0.2, 0.25) is 0 Å². The van der Waals surface area contributed by atoms with Crippen molar-refractivity contribution in [3.05, 3.63) is 106 Å². The number of rotatable bonds is 5. The van der Waals surface area contributed by atoms with Crippen LogP contribution in [0.5, 0.6) is 0 Å². The lowest BCUT2D eigenvalue weighted by Crippen LogP contribution is -2.23. The van der Waals surface area contributed by atoms with E-state index in [1.54, 1.807) is 6.07 Å². The van der Waals surface area contributed by atoms with E-state index < -0.39 is 23.3 Å². The number of halogens is 1. The molecule has 0 unspecified atom stereocenters. The topological polar surface area (TPSA) is 92.4 Å². The van der Waals surface area contributed by atoms with Crippen molar-refractivity contribution in [1.82, 2.24) is 0 Å². The van der Waals surface area contributed by atoms with Gasteiger partial charge in [-0.25, -0.2) is 9.18 Å². The van der Waals surface area contributed by atoms with Gasteiger partial charge in [0.2, 0.25) is 0 Å². The summed E-state index contributed by atoms with van der Waals surface area (Å²) >= 11 is 0. The first-order valence-corrected chi connectivity index (χ1v) is 10.7. The number of anilines is 1. The van der Waals surface area contributed by atoms with Gasteiger partial charge in [0, 0.05) is 17.8 Å². The number of hydrogen-bond donors (Lipinski definition) is 3. The van der Waals surface area contributed by atoms with Crippen molar-refractivity contribution in [2.75, 3.05) is 5.32 Å². The summed E-state index contributed by atoms with van der Waals surface area (Å²) in [5.74, 6) is -2.67. The van der Waals surface area contributed by atoms with Gasteiger partial charge in [0.25, 0.3) is 5.91 Å². The Kier molecular flexibility index (Phi) is 5.87. The van der Waals surface area contributed by atoms with Crippen LogP contribution in [0.3, 0.4) is 0 Å². The van der Waals surface area contributed by atoms with Gasteiger partial charge in [-0.15, -0.1) is 0 Å². The number of allylic oxidation sites excluding steroid dienone is 1. The summed E-state index contributed by atoms with van der Waals surface area (Å²) in [5, 5.41) is 11.6. The van der Waals surface area contributed by atoms with Crippen molar-refractivity contribution < 1.29 is 19.1 Å². The standard InChI is InChI=1S/C27H25FN2O3/c1-27(2)12-11-20(17-5-3-16(15-29)4-6-17)22-13-18(7-10-23(22)27)25(31)30-19-8-9-21(26(32)33)24(28)14-19/h3-11,13-14H,12,15,29H2,1-2H3,(H,30,31)(H,32,33). The Bertz CT molecular complexity index is 1280. The number of carbonyl (C=O) groups is 2. The van der Waals surface area contributed by atoms with Crippen molar-refractivity contribution in [1.29, 1.82) is 0 Å². The molecule has 0 saturated heterocycles. The molecule has 0 heterocycles. The van der Waals surface area contributed by atoms with E-state index in [-0.39, 0.29) is 11.1 Å². The predicted molar refractivity (Wildman–Crippen MR) is 127 cm³/mol. The summed E-state index contributed by atoms with van der Waals surface area (Å²) in [4.78, 5) is 23.9. The zero-order valence-electron chi connectivity index (χ0n) is 18.5. The van der Waals surface area contributed by atoms with E-state index in [2.05, 4.69) is 25.2 Å². The summed E-state index contributed by atoms with van der Waals surface area (Å²) in [5.41, 5.74) is 11.1. The van der Waals surface area contributed by atoms with Gasteiger partial charge in [0.15, 0.2) is 0 Å². The van der Waals surface area contributed by atoms with Crippen molar-refractivity contribution in [3.63, 3.8) is 0 Å². The van der Waals surface area contributed by atoms with Gasteiger partial charge in [0.1, 0.15) is 5.82 Å². The van der Waals surface area contributed by atoms with Gasteiger partial charge in [-0.2, -0.15) is 0 Å². The quantitative estimate of drug-likeness (QED) is 0.495. The molecular formula is C27H25FN2O3. The molecule has 1 aliphatic carbocycles. The zero-order valence-corrected chi connectivity index (χ0v) is 18.5. The summed E-state index contributed by atoms with van der Waals surface area (Å²) in [6.07, 6.45) is 3.07. The Balaban J connectivity index is 1.68. The third-order valence-electron chi connectivity index (χ3n) is 6.08. The van der Waals surface area contributed by atoms with Crippen LogP contribution < -0.4 is 11.1 Å². The van der Waals surface area contributed by atoms with E-state index in [0.29, 0.717) is 12.1 Å². The molecule has 168 valence electrons. The molecule has 0 radical (unpaired) electrons. The first-order chi connectivity index (χ1) is 15.7. The molecule has 3 aromatic rings. The van der Waals surface area contributed by atoms with E-state index in [1.807, 2.05) is 36.4 Å². The lowest BCUT2D eigenvalue weighted by Gasteiger charge is -2.32. The largest absolute Gasteiger partial charge is 0.478 e. The third kappa shape index (κ3) is 4.43. The van der Waals surface area contributed by atoms with Gasteiger partial charge in [-0.1, -0.05) is 50.3 Å². The molecular weight excluding hydrogens is 419 g/mol. The van der Waals surface area contributed by atoms with E-state index in [0.717, 1.165) is 46.4 Å². The number of nitrogens with two attached hydrogens (primary N) is 1. The monoisotopic (exact) mass is 444 g/mol. The average molecular weight is 445 g/mol. The van der Waals surface area contributed by atoms with Gasteiger partial charge in [-0.3, -0.25) is 4.79 Å². The summed E-state index contributed by atoms with van der Waals surface area (Å²) in [6, 6.07) is 17.2. The van der Waals surface area contributed by atoms with Crippen LogP contribution in [-0.2, 0) is 12.0 Å². The highest BCUT2D eigenvalue weighted by Crippen LogP contribution is 2.41. The Morgan fingerprint density at radius 2 is 1.79 bits per heavy atom. The minimum absolute atomic E-state index is 0.0825. The second kappa shape index (κ2) is 8.64. The Morgan fingerprint density at radius 1 is 1.06 bits per heavy atom. The van der Waals surface area contributed by atoms with Crippen molar-refractivity contribution >= 4 is 23.1 Å². The molecule has 4 rings (SSSR count). The Labute approximate surface area is 191 Å². The molecule has 0 fully saturated rings. The number of fused-ring (bicyclic) bond motifs is 1. The molecule has 5 nitrogen and oxygen atoms in total. The van der Waals surface area contributed by atoms with Crippen LogP contribution in [-0.4, -0.2) is 17.0 Å². The molecule has 3 aromatic carbocycles. The molecule has 0 aliphatic heterocycles. The van der Waals surface area contributed by atoms with Crippen LogP contribution in [0.4, 0.5) is 10.1 Å². The first-order valence-electron chi connectivity index (χ1n) is 10.7. The van der Waals surface area contributed by atoms with Gasteiger partial charge in [-0.05, 0) is 70.0 Å². The minimum Gasteiger partial charge on any atom is -0.478 e. The van der Waals surface area contributed by atoms with Gasteiger partial charge in [0.05, 0.1) is 5.56 Å². The third-order valence-corrected chi connectivity index (χ3v) is 6.08. The molecule has 0 aromatic heterocycles. The normalized spacial score (nSPS) is 14.2. The number of aromatic carboxylic acids is 1. The van der Waals surface area contributed by atoms with Crippen molar-refractivity contribution in [2.45, 2.75) is 32.2 Å². The molecule has 0 atom stereocenters. The Hall–Kier alpha value is -3.77. The second-order valence-electron chi connectivity index (χ2n) is 8.82. The number of hydrogen-bond acceptors (Lipinski definition) is 3. The molecule has 0 bridgehead atoms. The molecule has 1 amide bonds. The fourth-order valence-corrected chi connectivity index (χ4v) is 4.14. The van der Waals surface area contributed by atoms with E-state index in [9.17, 15) is 14.0 Å². The molecule has 1 aliphatic rings. The van der Waals surface area contributed by atoms with Crippen molar-refractivity contribution in [3.8, 4) is 0 Å². The number of nitrogens with one attached hydrogen (secondary N) is 1. The number of carboxylic acid groups (broad SMARTS) is 1. The van der Waals surface area contributed by atoms with Crippen LogP contribution in [0, 0.1) is 5.82 Å². The van der Waals surface area contributed by atoms with E-state index >= 15 is 0 Å². The first kappa shape index (κ1) is 22.4. The van der Waals surface area contributed by atoms with Crippen LogP contribution >= 0.6 is 0 Å². The highest BCUT2D eigenvalue weighted by Gasteiger charge is 2.29. The lowest BCUT2D eigenvalue weighted by atomic mass is 9.72. The number of carboxylic acids is 1. The summed E-state index contributed by atoms with van der Waals surface area (Å²) in [6.45, 7) is 4.81. The lowest BCUT2D eigenvalue weighted by molar-refractivity contribution is 0.0691. The molecule has 0 spiro atoms. The summed E-state index contributed by atoms with van der Waals surface area (Å²) < 4.78 is 14.0. The fourth-order valence-electron chi connectivity index (χ4n) is 4.14. The maximum absolute atomic E-state index is 14.0. The molecule has 0 saturated carbocycles. The van der Waals surface area contributed by atoms with E-state index in [1.165, 1.54) is 6.07 Å². The number of benzene rings is 3. The maximum atomic E-state index is 14.0. The highest BCUT2D eigenvalue weighted by molar-refractivity contribution is 6.05. The number of carbonyl (C=O) groups excluding carboxylic acids is 1. The maximum Gasteiger partial charge on any atom is 0.338 e. The second-order valence-corrected chi connectivity index (χ2v) is 8.82.